The first-order chi connectivity index (χ1) is 10.5. The molecular weight excluding hydrogens is 282 g/mol. The van der Waals surface area contributed by atoms with Crippen molar-refractivity contribution in [2.24, 2.45) is 11.8 Å². The maximum absolute atomic E-state index is 12.5. The van der Waals surface area contributed by atoms with Gasteiger partial charge in [-0.05, 0) is 38.0 Å². The molecule has 0 aromatic heterocycles. The molecule has 2 aliphatic rings. The van der Waals surface area contributed by atoms with Crippen LogP contribution in [0.5, 0.6) is 0 Å². The third-order valence-corrected chi connectivity index (χ3v) is 5.16. The molecule has 2 rings (SSSR count). The van der Waals surface area contributed by atoms with Crippen LogP contribution in [0, 0.1) is 11.8 Å². The van der Waals surface area contributed by atoms with Crippen molar-refractivity contribution in [3.63, 3.8) is 0 Å². The molecule has 5 heteroatoms. The molecule has 126 valence electrons. The first-order valence-electron chi connectivity index (χ1n) is 8.66. The van der Waals surface area contributed by atoms with Crippen LogP contribution in [-0.4, -0.2) is 35.7 Å². The van der Waals surface area contributed by atoms with E-state index in [4.69, 9.17) is 9.84 Å². The summed E-state index contributed by atoms with van der Waals surface area (Å²) in [6.07, 6.45) is 8.46. The van der Waals surface area contributed by atoms with E-state index >= 15 is 0 Å². The number of nitrogens with one attached hydrogen (secondary N) is 1. The fourth-order valence-electron chi connectivity index (χ4n) is 3.75. The maximum atomic E-state index is 12.5. The summed E-state index contributed by atoms with van der Waals surface area (Å²) in [5, 5.41) is 12.1. The van der Waals surface area contributed by atoms with Crippen molar-refractivity contribution in [1.29, 1.82) is 0 Å². The predicted molar refractivity (Wildman–Crippen MR) is 83.5 cm³/mol. The molecule has 0 aromatic rings. The van der Waals surface area contributed by atoms with Crippen LogP contribution in [0.1, 0.15) is 64.7 Å². The summed E-state index contributed by atoms with van der Waals surface area (Å²) >= 11 is 0. The lowest BCUT2D eigenvalue weighted by Gasteiger charge is -2.32. The number of amides is 1. The van der Waals surface area contributed by atoms with Crippen molar-refractivity contribution in [1.82, 2.24) is 5.32 Å². The minimum Gasteiger partial charge on any atom is -0.481 e. The van der Waals surface area contributed by atoms with Crippen LogP contribution in [0.4, 0.5) is 0 Å². The Morgan fingerprint density at radius 3 is 2.55 bits per heavy atom. The zero-order valence-electron chi connectivity index (χ0n) is 13.6. The van der Waals surface area contributed by atoms with E-state index in [-0.39, 0.29) is 18.2 Å². The van der Waals surface area contributed by atoms with Crippen molar-refractivity contribution in [2.75, 3.05) is 13.2 Å². The van der Waals surface area contributed by atoms with E-state index in [0.29, 0.717) is 19.6 Å². The Bertz CT molecular complexity index is 382. The minimum atomic E-state index is -0.880. The van der Waals surface area contributed by atoms with Crippen LogP contribution in [0.3, 0.4) is 0 Å². The van der Waals surface area contributed by atoms with Gasteiger partial charge in [0, 0.05) is 12.5 Å². The zero-order chi connectivity index (χ0) is 16.0. The van der Waals surface area contributed by atoms with Crippen LogP contribution < -0.4 is 5.32 Å². The molecular formula is C17H29NO4. The van der Waals surface area contributed by atoms with Gasteiger partial charge in [-0.15, -0.1) is 0 Å². The summed E-state index contributed by atoms with van der Waals surface area (Å²) in [5.41, 5.74) is -0.692. The van der Waals surface area contributed by atoms with Crippen LogP contribution in [0.2, 0.25) is 0 Å². The highest BCUT2D eigenvalue weighted by Crippen LogP contribution is 2.33. The molecule has 0 radical (unpaired) electrons. The summed E-state index contributed by atoms with van der Waals surface area (Å²) in [6.45, 7) is 3.05. The van der Waals surface area contributed by atoms with E-state index in [9.17, 15) is 9.59 Å². The number of unbranched alkanes of at least 4 members (excludes halogenated alkanes) is 1. The number of rotatable bonds is 7. The molecule has 0 bridgehead atoms. The predicted octanol–water partition coefficient (Wildman–Crippen LogP) is 2.73. The van der Waals surface area contributed by atoms with Crippen molar-refractivity contribution in [2.45, 2.75) is 70.3 Å². The van der Waals surface area contributed by atoms with E-state index in [1.165, 1.54) is 19.3 Å². The summed E-state index contributed by atoms with van der Waals surface area (Å²) in [4.78, 5) is 23.6. The van der Waals surface area contributed by atoms with Gasteiger partial charge in [0.15, 0.2) is 0 Å². The molecule has 5 nitrogen and oxygen atoms in total. The van der Waals surface area contributed by atoms with E-state index in [1.807, 2.05) is 0 Å². The van der Waals surface area contributed by atoms with Gasteiger partial charge in [0.05, 0.1) is 18.6 Å². The molecule has 1 aliphatic carbocycles. The lowest BCUT2D eigenvalue weighted by Crippen LogP contribution is -2.52. The van der Waals surface area contributed by atoms with Crippen molar-refractivity contribution >= 4 is 11.9 Å². The molecule has 1 aliphatic heterocycles. The molecule has 2 N–H and O–H groups in total. The minimum absolute atomic E-state index is 0.0284. The molecule has 1 heterocycles. The number of carbonyl (C=O) groups is 2. The number of ether oxygens (including phenoxy) is 1. The van der Waals surface area contributed by atoms with E-state index in [1.54, 1.807) is 0 Å². The first kappa shape index (κ1) is 17.3. The van der Waals surface area contributed by atoms with Gasteiger partial charge < -0.3 is 15.2 Å². The zero-order valence-corrected chi connectivity index (χ0v) is 13.6. The van der Waals surface area contributed by atoms with Gasteiger partial charge in [-0.2, -0.15) is 0 Å². The summed E-state index contributed by atoms with van der Waals surface area (Å²) in [5.74, 6) is -0.0364. The Morgan fingerprint density at radius 1 is 1.27 bits per heavy atom. The third kappa shape index (κ3) is 4.70. The molecule has 1 saturated carbocycles. The van der Waals surface area contributed by atoms with Crippen molar-refractivity contribution in [3.05, 3.63) is 0 Å². The van der Waals surface area contributed by atoms with Gasteiger partial charge in [0.25, 0.3) is 0 Å². The third-order valence-electron chi connectivity index (χ3n) is 5.16. The fraction of sp³-hybridized carbons (Fsp3) is 0.882. The Morgan fingerprint density at radius 2 is 2.00 bits per heavy atom. The van der Waals surface area contributed by atoms with Crippen molar-refractivity contribution < 1.29 is 19.4 Å². The second-order valence-electron chi connectivity index (χ2n) is 7.00. The average molecular weight is 311 g/mol. The molecule has 1 atom stereocenters. The molecule has 1 amide bonds. The van der Waals surface area contributed by atoms with Crippen LogP contribution in [0.15, 0.2) is 0 Å². The van der Waals surface area contributed by atoms with Gasteiger partial charge in [-0.3, -0.25) is 9.59 Å². The summed E-state index contributed by atoms with van der Waals surface area (Å²) < 4.78 is 5.33. The SMILES string of the molecule is CCCCC1CCC(C(=O)NC2(CC(=O)O)CCOC2)CC1. The normalized spacial score (nSPS) is 31.9. The Hall–Kier alpha value is -1.10. The summed E-state index contributed by atoms with van der Waals surface area (Å²) in [6, 6.07) is 0. The highest BCUT2D eigenvalue weighted by Gasteiger charge is 2.40. The van der Waals surface area contributed by atoms with Crippen LogP contribution in [0.25, 0.3) is 0 Å². The van der Waals surface area contributed by atoms with E-state index in [2.05, 4.69) is 12.2 Å². The highest BCUT2D eigenvalue weighted by molar-refractivity contribution is 5.80. The summed E-state index contributed by atoms with van der Waals surface area (Å²) in [7, 11) is 0. The number of hydrogen-bond donors (Lipinski definition) is 2. The standard InChI is InChI=1S/C17H29NO4/c1-2-3-4-13-5-7-14(8-6-13)16(21)18-17(11-15(19)20)9-10-22-12-17/h13-14H,2-12H2,1H3,(H,18,21)(H,19,20). The topological polar surface area (TPSA) is 75.6 Å². The van der Waals surface area contributed by atoms with Crippen LogP contribution in [-0.2, 0) is 14.3 Å². The fourth-order valence-corrected chi connectivity index (χ4v) is 3.75. The van der Waals surface area contributed by atoms with Crippen LogP contribution >= 0.6 is 0 Å². The number of aliphatic carboxylic acids is 1. The number of carboxylic acids is 1. The molecule has 22 heavy (non-hydrogen) atoms. The number of carboxylic acid groups (broad SMARTS) is 1. The Labute approximate surface area is 132 Å². The van der Waals surface area contributed by atoms with E-state index in [0.717, 1.165) is 31.6 Å². The largest absolute Gasteiger partial charge is 0.481 e. The second kappa shape index (κ2) is 7.95. The highest BCUT2D eigenvalue weighted by atomic mass is 16.5. The smallest absolute Gasteiger partial charge is 0.305 e. The van der Waals surface area contributed by atoms with Gasteiger partial charge in [0.1, 0.15) is 0 Å². The maximum Gasteiger partial charge on any atom is 0.305 e. The van der Waals surface area contributed by atoms with E-state index < -0.39 is 11.5 Å². The quantitative estimate of drug-likeness (QED) is 0.758. The average Bonchev–Trinajstić information content (AvgIpc) is 2.92. The Balaban J connectivity index is 1.83. The van der Waals surface area contributed by atoms with Gasteiger partial charge in [-0.1, -0.05) is 26.2 Å². The molecule has 0 aromatic carbocycles. The lowest BCUT2D eigenvalue weighted by atomic mass is 9.79. The van der Waals surface area contributed by atoms with Gasteiger partial charge in [0.2, 0.25) is 5.91 Å². The molecule has 1 saturated heterocycles. The second-order valence-corrected chi connectivity index (χ2v) is 7.00. The molecule has 0 spiro atoms. The lowest BCUT2D eigenvalue weighted by molar-refractivity contribution is -0.139. The first-order valence-corrected chi connectivity index (χ1v) is 8.66. The number of carbonyl (C=O) groups excluding carboxylic acids is 1. The Kier molecular flexibility index (Phi) is 6.24. The van der Waals surface area contributed by atoms with Crippen molar-refractivity contribution in [3.8, 4) is 0 Å². The monoisotopic (exact) mass is 311 g/mol. The molecule has 1 unspecified atom stereocenters. The molecule has 2 fully saturated rings. The number of hydrogen-bond acceptors (Lipinski definition) is 3. The van der Waals surface area contributed by atoms with Gasteiger partial charge >= 0.3 is 5.97 Å². The van der Waals surface area contributed by atoms with Gasteiger partial charge in [-0.25, -0.2) is 0 Å².